The van der Waals surface area contributed by atoms with E-state index in [2.05, 4.69) is 18.7 Å². The second-order valence-corrected chi connectivity index (χ2v) is 5.79. The van der Waals surface area contributed by atoms with Gasteiger partial charge in [-0.3, -0.25) is 15.0 Å². The number of rotatable bonds is 3. The number of likely N-dealkylation sites (tertiary alicyclic amines) is 1. The molecule has 0 spiro atoms. The van der Waals surface area contributed by atoms with Crippen molar-refractivity contribution in [1.29, 1.82) is 0 Å². The van der Waals surface area contributed by atoms with Crippen LogP contribution in [0, 0.1) is 22.0 Å². The quantitative estimate of drug-likeness (QED) is 0.517. The van der Waals surface area contributed by atoms with Crippen LogP contribution in [-0.4, -0.2) is 22.9 Å². The van der Waals surface area contributed by atoms with E-state index in [-0.39, 0.29) is 11.4 Å². The highest BCUT2D eigenvalue weighted by atomic mass is 16.6. The van der Waals surface area contributed by atoms with Crippen LogP contribution in [0.2, 0.25) is 0 Å². The predicted octanol–water partition coefficient (Wildman–Crippen LogP) is 2.65. The van der Waals surface area contributed by atoms with Gasteiger partial charge >= 0.3 is 0 Å². The lowest BCUT2D eigenvalue weighted by Gasteiger charge is -2.34. The van der Waals surface area contributed by atoms with Gasteiger partial charge in [-0.05, 0) is 29.9 Å². The van der Waals surface area contributed by atoms with E-state index in [1.54, 1.807) is 12.1 Å². The molecule has 2 rings (SSSR count). The number of nitrogen functional groups attached to an aromatic ring is 1. The molecule has 1 aromatic carbocycles. The van der Waals surface area contributed by atoms with Crippen LogP contribution in [0.4, 0.5) is 11.4 Å². The van der Waals surface area contributed by atoms with Crippen molar-refractivity contribution in [2.75, 3.05) is 18.8 Å². The summed E-state index contributed by atoms with van der Waals surface area (Å²) in [5.74, 6) is 1.38. The number of piperidine rings is 1. The van der Waals surface area contributed by atoms with E-state index < -0.39 is 4.92 Å². The summed E-state index contributed by atoms with van der Waals surface area (Å²) >= 11 is 0. The highest BCUT2D eigenvalue weighted by molar-refractivity contribution is 5.59. The second-order valence-electron chi connectivity index (χ2n) is 5.79. The van der Waals surface area contributed by atoms with Crippen LogP contribution in [0.1, 0.15) is 25.8 Å². The molecule has 1 heterocycles. The number of nitro benzene ring substituents is 1. The van der Waals surface area contributed by atoms with Crippen LogP contribution in [0.15, 0.2) is 18.2 Å². The van der Waals surface area contributed by atoms with Gasteiger partial charge in [0.25, 0.3) is 5.69 Å². The van der Waals surface area contributed by atoms with E-state index in [1.165, 1.54) is 6.42 Å². The number of anilines is 1. The minimum absolute atomic E-state index is 0.00982. The number of nitrogens with two attached hydrogens (primary N) is 1. The molecule has 5 heteroatoms. The lowest BCUT2D eigenvalue weighted by Crippen LogP contribution is -2.38. The highest BCUT2D eigenvalue weighted by Crippen LogP contribution is 2.26. The molecule has 2 unspecified atom stereocenters. The third-order valence-electron chi connectivity index (χ3n) is 3.64. The SMILES string of the molecule is CC1CC(C)CN(Cc2ccc(N)c([N+](=O)[O-])c2)C1. The van der Waals surface area contributed by atoms with Gasteiger partial charge in [-0.2, -0.15) is 0 Å². The normalized spacial score (nSPS) is 24.3. The van der Waals surface area contributed by atoms with Gasteiger partial charge in [0, 0.05) is 25.7 Å². The Morgan fingerprint density at radius 3 is 2.58 bits per heavy atom. The molecule has 19 heavy (non-hydrogen) atoms. The van der Waals surface area contributed by atoms with Crippen molar-refractivity contribution in [3.63, 3.8) is 0 Å². The van der Waals surface area contributed by atoms with Crippen molar-refractivity contribution in [3.05, 3.63) is 33.9 Å². The third kappa shape index (κ3) is 3.44. The Balaban J connectivity index is 2.10. The first-order valence-electron chi connectivity index (χ1n) is 6.71. The van der Waals surface area contributed by atoms with E-state index in [0.29, 0.717) is 11.8 Å². The van der Waals surface area contributed by atoms with Crippen molar-refractivity contribution >= 4 is 11.4 Å². The standard InChI is InChI=1S/C14H21N3O2/c1-10-5-11(2)8-16(7-10)9-12-3-4-13(15)14(6-12)17(18)19/h3-4,6,10-11H,5,7-9,15H2,1-2H3. The van der Waals surface area contributed by atoms with E-state index in [1.807, 2.05) is 6.07 Å². The van der Waals surface area contributed by atoms with Crippen LogP contribution in [0.25, 0.3) is 0 Å². The molecule has 0 saturated carbocycles. The Kier molecular flexibility index (Phi) is 4.04. The lowest BCUT2D eigenvalue weighted by molar-refractivity contribution is -0.384. The van der Waals surface area contributed by atoms with Gasteiger partial charge in [0.15, 0.2) is 0 Å². The Morgan fingerprint density at radius 2 is 2.00 bits per heavy atom. The molecular formula is C14H21N3O2. The van der Waals surface area contributed by atoms with Crippen LogP contribution < -0.4 is 5.73 Å². The minimum atomic E-state index is -0.416. The summed E-state index contributed by atoms with van der Waals surface area (Å²) in [6.45, 7) is 7.39. The fourth-order valence-electron chi connectivity index (χ4n) is 3.03. The summed E-state index contributed by atoms with van der Waals surface area (Å²) in [6.07, 6.45) is 1.26. The van der Waals surface area contributed by atoms with E-state index in [0.717, 1.165) is 25.2 Å². The van der Waals surface area contributed by atoms with E-state index in [4.69, 9.17) is 5.73 Å². The minimum Gasteiger partial charge on any atom is -0.393 e. The zero-order valence-corrected chi connectivity index (χ0v) is 11.5. The molecule has 1 saturated heterocycles. The molecule has 1 fully saturated rings. The molecular weight excluding hydrogens is 242 g/mol. The molecule has 0 radical (unpaired) electrons. The number of hydrogen-bond acceptors (Lipinski definition) is 4. The number of nitro groups is 1. The van der Waals surface area contributed by atoms with Gasteiger partial charge in [-0.15, -0.1) is 0 Å². The van der Waals surface area contributed by atoms with Gasteiger partial charge < -0.3 is 5.73 Å². The number of hydrogen-bond donors (Lipinski definition) is 1. The topological polar surface area (TPSA) is 72.4 Å². The maximum absolute atomic E-state index is 10.9. The molecule has 1 aliphatic heterocycles. The fraction of sp³-hybridized carbons (Fsp3) is 0.571. The summed E-state index contributed by atoms with van der Waals surface area (Å²) in [6, 6.07) is 5.11. The molecule has 0 aromatic heterocycles. The fourth-order valence-corrected chi connectivity index (χ4v) is 3.03. The van der Waals surface area contributed by atoms with Crippen LogP contribution in [0.5, 0.6) is 0 Å². The maximum Gasteiger partial charge on any atom is 0.292 e. The van der Waals surface area contributed by atoms with Crippen molar-refractivity contribution < 1.29 is 4.92 Å². The molecule has 0 amide bonds. The van der Waals surface area contributed by atoms with Gasteiger partial charge in [0.2, 0.25) is 0 Å². The predicted molar refractivity (Wildman–Crippen MR) is 75.7 cm³/mol. The van der Waals surface area contributed by atoms with E-state index in [9.17, 15) is 10.1 Å². The van der Waals surface area contributed by atoms with Gasteiger partial charge in [-0.1, -0.05) is 19.9 Å². The summed E-state index contributed by atoms with van der Waals surface area (Å²) < 4.78 is 0. The Morgan fingerprint density at radius 1 is 1.37 bits per heavy atom. The molecule has 1 aliphatic rings. The first kappa shape index (κ1) is 13.8. The number of nitrogens with zero attached hydrogens (tertiary/aromatic N) is 2. The van der Waals surface area contributed by atoms with Crippen LogP contribution in [0.3, 0.4) is 0 Å². The lowest BCUT2D eigenvalue weighted by atomic mass is 9.91. The van der Waals surface area contributed by atoms with Crippen molar-refractivity contribution in [2.45, 2.75) is 26.8 Å². The summed E-state index contributed by atoms with van der Waals surface area (Å²) in [7, 11) is 0. The molecule has 104 valence electrons. The summed E-state index contributed by atoms with van der Waals surface area (Å²) in [5.41, 5.74) is 6.81. The molecule has 0 bridgehead atoms. The highest BCUT2D eigenvalue weighted by Gasteiger charge is 2.22. The average Bonchev–Trinajstić information content (AvgIpc) is 2.30. The molecule has 0 aliphatic carbocycles. The average molecular weight is 263 g/mol. The Hall–Kier alpha value is -1.62. The first-order chi connectivity index (χ1) is 8.95. The molecule has 2 atom stereocenters. The zero-order chi connectivity index (χ0) is 14.0. The third-order valence-corrected chi connectivity index (χ3v) is 3.64. The van der Waals surface area contributed by atoms with Crippen LogP contribution in [-0.2, 0) is 6.54 Å². The maximum atomic E-state index is 10.9. The monoisotopic (exact) mass is 263 g/mol. The smallest absolute Gasteiger partial charge is 0.292 e. The van der Waals surface area contributed by atoms with Crippen LogP contribution >= 0.6 is 0 Å². The zero-order valence-electron chi connectivity index (χ0n) is 11.5. The van der Waals surface area contributed by atoms with Crippen molar-refractivity contribution in [2.24, 2.45) is 11.8 Å². The van der Waals surface area contributed by atoms with E-state index >= 15 is 0 Å². The molecule has 2 N–H and O–H groups in total. The molecule has 5 nitrogen and oxygen atoms in total. The van der Waals surface area contributed by atoms with Gasteiger partial charge in [-0.25, -0.2) is 0 Å². The second kappa shape index (κ2) is 5.57. The molecule has 1 aromatic rings. The first-order valence-corrected chi connectivity index (χ1v) is 6.71. The number of benzene rings is 1. The summed E-state index contributed by atoms with van der Waals surface area (Å²) in [4.78, 5) is 12.8. The Bertz CT molecular complexity index is 466. The van der Waals surface area contributed by atoms with Crippen molar-refractivity contribution in [3.8, 4) is 0 Å². The largest absolute Gasteiger partial charge is 0.393 e. The van der Waals surface area contributed by atoms with Crippen molar-refractivity contribution in [1.82, 2.24) is 4.90 Å². The van der Waals surface area contributed by atoms with Gasteiger partial charge in [0.1, 0.15) is 5.69 Å². The Labute approximate surface area is 113 Å². The summed E-state index contributed by atoms with van der Waals surface area (Å²) in [5, 5.41) is 10.9. The van der Waals surface area contributed by atoms with Gasteiger partial charge in [0.05, 0.1) is 4.92 Å².